The van der Waals surface area contributed by atoms with Crippen LogP contribution in [0.15, 0.2) is 59.0 Å². The van der Waals surface area contributed by atoms with Gasteiger partial charge in [-0.3, -0.25) is 0 Å². The molecule has 0 saturated heterocycles. The number of allylic oxidation sites excluding steroid dienone is 4. The van der Waals surface area contributed by atoms with Crippen LogP contribution in [-0.2, 0) is 5.16 Å². The van der Waals surface area contributed by atoms with Crippen molar-refractivity contribution in [2.24, 2.45) is 29.6 Å². The van der Waals surface area contributed by atoms with E-state index in [1.54, 1.807) is 10.4 Å². The molecule has 5 aliphatic carbocycles. The van der Waals surface area contributed by atoms with Crippen molar-refractivity contribution in [2.75, 3.05) is 6.16 Å². The first kappa shape index (κ1) is 31.9. The summed E-state index contributed by atoms with van der Waals surface area (Å²) in [5, 5.41) is 3.13. The van der Waals surface area contributed by atoms with Crippen molar-refractivity contribution in [2.45, 2.75) is 108 Å². The highest BCUT2D eigenvalue weighted by molar-refractivity contribution is 7.60. The quantitative estimate of drug-likeness (QED) is 0.212. The molecule has 5 aliphatic rings. The van der Waals surface area contributed by atoms with Gasteiger partial charge in [-0.05, 0) is 90.5 Å². The van der Waals surface area contributed by atoms with Crippen molar-refractivity contribution in [3.05, 3.63) is 70.6 Å². The smallest absolute Gasteiger partial charge is 0.149 e. The summed E-state index contributed by atoms with van der Waals surface area (Å²) >= 11 is 0. The lowest BCUT2D eigenvalue weighted by Crippen LogP contribution is -2.49. The second kappa shape index (κ2) is 11.3. The van der Waals surface area contributed by atoms with Crippen molar-refractivity contribution in [1.29, 1.82) is 0 Å². The van der Waals surface area contributed by atoms with Crippen LogP contribution in [0, 0.1) is 29.6 Å². The third-order valence-corrected chi connectivity index (χ3v) is 20.4. The summed E-state index contributed by atoms with van der Waals surface area (Å²) in [6.45, 7) is 23.2. The number of rotatable bonds is 8. The van der Waals surface area contributed by atoms with E-state index in [2.05, 4.69) is 75.4 Å². The molecule has 232 valence electrons. The molecule has 43 heavy (non-hydrogen) atoms. The molecule has 2 heterocycles. The summed E-state index contributed by atoms with van der Waals surface area (Å²) in [6, 6.07) is 3.84. The van der Waals surface area contributed by atoms with Crippen LogP contribution < -0.4 is 0 Å². The summed E-state index contributed by atoms with van der Waals surface area (Å²) in [7, 11) is -0.383. The van der Waals surface area contributed by atoms with E-state index in [4.69, 9.17) is 19.9 Å². The molecule has 4 bridgehead atoms. The van der Waals surface area contributed by atoms with Crippen LogP contribution in [0.4, 0.5) is 0 Å². The van der Waals surface area contributed by atoms with Crippen LogP contribution in [-0.4, -0.2) is 53.1 Å². The standard InChI is InChI=1S/C35H54N4P2Si2/c1-34(2,3)41(30-25-17-23-16-24(19-25)20-26(30)18-23)22-27-28(21-29(42(4,5)6)31(27)43(7,8)9)35(40,32-36-12-10-13-37-32)33-38-14-11-15-39-33/h10-15,21,23-27,30H,16-20,22,40H2,1-9H3. The minimum atomic E-state index is -1.71. The maximum Gasteiger partial charge on any atom is 0.149 e. The molecule has 0 N–H and O–H groups in total. The third-order valence-electron chi connectivity index (χ3n) is 11.0. The van der Waals surface area contributed by atoms with Crippen molar-refractivity contribution >= 4 is 33.3 Å². The number of aromatic nitrogens is 4. The van der Waals surface area contributed by atoms with Gasteiger partial charge >= 0.3 is 0 Å². The summed E-state index contributed by atoms with van der Waals surface area (Å²) < 4.78 is 0. The molecular formula is C35H54N4P2Si2. The van der Waals surface area contributed by atoms with Crippen LogP contribution in [0.3, 0.4) is 0 Å². The van der Waals surface area contributed by atoms with Crippen molar-refractivity contribution in [1.82, 2.24) is 19.9 Å². The largest absolute Gasteiger partial charge is 0.240 e. The maximum absolute atomic E-state index is 4.91. The van der Waals surface area contributed by atoms with Gasteiger partial charge in [0.05, 0.1) is 16.1 Å². The molecule has 0 spiro atoms. The second-order valence-corrected chi connectivity index (χ2v) is 31.4. The van der Waals surface area contributed by atoms with Gasteiger partial charge in [0.1, 0.15) is 16.8 Å². The zero-order valence-corrected chi connectivity index (χ0v) is 32.1. The van der Waals surface area contributed by atoms with Crippen LogP contribution in [0.5, 0.6) is 0 Å². The number of nitrogens with zero attached hydrogens (tertiary/aromatic N) is 4. The van der Waals surface area contributed by atoms with Crippen molar-refractivity contribution in [3.63, 3.8) is 0 Å². The summed E-state index contributed by atoms with van der Waals surface area (Å²) in [6.07, 6.45) is 19.0. The van der Waals surface area contributed by atoms with Gasteiger partial charge in [0.15, 0.2) is 0 Å². The Morgan fingerprint density at radius 3 is 1.60 bits per heavy atom. The van der Waals surface area contributed by atoms with E-state index in [0.29, 0.717) is 11.1 Å². The average molecular weight is 649 g/mol. The van der Waals surface area contributed by atoms with Gasteiger partial charge in [0.25, 0.3) is 0 Å². The molecule has 0 aliphatic heterocycles. The third kappa shape index (κ3) is 5.86. The lowest BCUT2D eigenvalue weighted by Gasteiger charge is -2.59. The summed E-state index contributed by atoms with van der Waals surface area (Å²) in [4.78, 5) is 19.7. The molecule has 7 rings (SSSR count). The highest BCUT2D eigenvalue weighted by Crippen LogP contribution is 2.69. The minimum Gasteiger partial charge on any atom is -0.240 e. The van der Waals surface area contributed by atoms with E-state index in [9.17, 15) is 0 Å². The fraction of sp³-hybridized carbons (Fsp3) is 0.657. The van der Waals surface area contributed by atoms with Gasteiger partial charge in [-0.2, -0.15) is 0 Å². The Morgan fingerprint density at radius 2 is 1.21 bits per heavy atom. The molecule has 4 nitrogen and oxygen atoms in total. The van der Waals surface area contributed by atoms with E-state index in [1.165, 1.54) is 43.8 Å². The Hall–Kier alpha value is -1.07. The molecule has 8 heteroatoms. The Labute approximate surface area is 266 Å². The Kier molecular flexibility index (Phi) is 8.40. The first-order valence-corrected chi connectivity index (χ1v) is 25.8. The zero-order valence-electron chi connectivity index (χ0n) is 28.1. The maximum atomic E-state index is 4.91. The minimum absolute atomic E-state index is 0.231. The molecule has 0 radical (unpaired) electrons. The van der Waals surface area contributed by atoms with Gasteiger partial charge in [0, 0.05) is 30.7 Å². The Morgan fingerprint density at radius 1 is 0.744 bits per heavy atom. The fourth-order valence-electron chi connectivity index (χ4n) is 9.61. The SMILES string of the molecule is CC(C)(C)P(CC1C(C(P)(c2ncccn2)c2ncccn2)=CC([Si](C)(C)C)=C1[Si](C)(C)C)C1C2CC3CC(C2)CC1C3. The lowest BCUT2D eigenvalue weighted by atomic mass is 9.56. The normalized spacial score (nSPS) is 30.1. The fourth-order valence-corrected chi connectivity index (χ4v) is 20.3. The van der Waals surface area contributed by atoms with E-state index in [-0.39, 0.29) is 7.92 Å². The highest BCUT2D eigenvalue weighted by Gasteiger charge is 2.55. The van der Waals surface area contributed by atoms with E-state index < -0.39 is 21.3 Å². The first-order chi connectivity index (χ1) is 20.1. The molecule has 4 fully saturated rings. The molecule has 3 unspecified atom stereocenters. The molecule has 4 saturated carbocycles. The van der Waals surface area contributed by atoms with E-state index in [1.807, 2.05) is 36.9 Å². The van der Waals surface area contributed by atoms with Gasteiger partial charge < -0.3 is 0 Å². The predicted molar refractivity (Wildman–Crippen MR) is 192 cm³/mol. The van der Waals surface area contributed by atoms with Gasteiger partial charge in [-0.1, -0.05) is 84.4 Å². The topological polar surface area (TPSA) is 51.6 Å². The van der Waals surface area contributed by atoms with Crippen LogP contribution >= 0.6 is 17.2 Å². The van der Waals surface area contributed by atoms with Crippen LogP contribution in [0.1, 0.15) is 64.5 Å². The molecule has 2 aromatic heterocycles. The van der Waals surface area contributed by atoms with Crippen molar-refractivity contribution < 1.29 is 0 Å². The number of hydrogen-bond donors (Lipinski definition) is 0. The zero-order chi connectivity index (χ0) is 30.9. The van der Waals surface area contributed by atoms with Gasteiger partial charge in [-0.25, -0.2) is 19.9 Å². The predicted octanol–water partition coefficient (Wildman–Crippen LogP) is 9.10. The average Bonchev–Trinajstić information content (AvgIpc) is 3.33. The molecular weight excluding hydrogens is 595 g/mol. The Balaban J connectivity index is 1.53. The lowest BCUT2D eigenvalue weighted by molar-refractivity contribution is 0.0242. The number of hydrogen-bond acceptors (Lipinski definition) is 4. The van der Waals surface area contributed by atoms with Crippen molar-refractivity contribution in [3.8, 4) is 0 Å². The molecule has 3 atom stereocenters. The van der Waals surface area contributed by atoms with Gasteiger partial charge in [0.2, 0.25) is 0 Å². The van der Waals surface area contributed by atoms with E-state index in [0.717, 1.165) is 41.0 Å². The van der Waals surface area contributed by atoms with Crippen LogP contribution in [0.25, 0.3) is 0 Å². The van der Waals surface area contributed by atoms with E-state index >= 15 is 0 Å². The summed E-state index contributed by atoms with van der Waals surface area (Å²) in [5.74, 6) is 5.90. The van der Waals surface area contributed by atoms with Crippen LogP contribution in [0.2, 0.25) is 39.3 Å². The van der Waals surface area contributed by atoms with Gasteiger partial charge in [-0.15, -0.1) is 9.24 Å². The second-order valence-electron chi connectivity index (χ2n) is 17.2. The molecule has 0 amide bonds. The monoisotopic (exact) mass is 648 g/mol. The molecule has 0 aromatic carbocycles. The Bertz CT molecular complexity index is 1320. The molecule has 2 aromatic rings. The summed E-state index contributed by atoms with van der Waals surface area (Å²) in [5.41, 5.74) is 2.34. The highest BCUT2D eigenvalue weighted by atomic mass is 31.1. The first-order valence-electron chi connectivity index (χ1n) is 16.7.